The molecule has 8 heteroatoms. The number of nitrogens with one attached hydrogen (secondary N) is 2. The third kappa shape index (κ3) is 8.47. The molecule has 0 heterocycles. The van der Waals surface area contributed by atoms with Crippen molar-refractivity contribution in [3.63, 3.8) is 0 Å². The molecule has 0 radical (unpaired) electrons. The fourth-order valence-electron chi connectivity index (χ4n) is 3.52. The number of thiol groups is 1. The number of carbonyl (C=O) groups excluding carboxylic acids is 3. The Morgan fingerprint density at radius 1 is 1.09 bits per heavy atom. The molecule has 2 aromatic carbocycles. The second-order valence-corrected chi connectivity index (χ2v) is 9.49. The minimum atomic E-state index is -0.999. The van der Waals surface area contributed by atoms with E-state index in [0.717, 1.165) is 11.1 Å². The Morgan fingerprint density at radius 2 is 1.71 bits per heavy atom. The quantitative estimate of drug-likeness (QED) is 0.339. The summed E-state index contributed by atoms with van der Waals surface area (Å²) in [6, 6.07) is 15.0. The van der Waals surface area contributed by atoms with Crippen molar-refractivity contribution in [2.45, 2.75) is 51.9 Å². The molecule has 3 amide bonds. The van der Waals surface area contributed by atoms with Crippen LogP contribution in [0.4, 0.5) is 4.79 Å². The van der Waals surface area contributed by atoms with Crippen molar-refractivity contribution in [1.29, 1.82) is 0 Å². The van der Waals surface area contributed by atoms with Crippen LogP contribution < -0.4 is 10.6 Å². The molecule has 2 rings (SSSR count). The minimum Gasteiger partial charge on any atom is -0.444 e. The first-order valence-corrected chi connectivity index (χ1v) is 12.1. The van der Waals surface area contributed by atoms with Gasteiger partial charge in [0.05, 0.1) is 0 Å². The topological polar surface area (TPSA) is 87.7 Å². The van der Waals surface area contributed by atoms with Crippen LogP contribution in [0.2, 0.25) is 0 Å². The highest BCUT2D eigenvalue weighted by atomic mass is 32.1. The highest BCUT2D eigenvalue weighted by Crippen LogP contribution is 2.26. The van der Waals surface area contributed by atoms with Crippen LogP contribution >= 0.6 is 12.6 Å². The van der Waals surface area contributed by atoms with E-state index in [1.807, 2.05) is 61.5 Å². The van der Waals surface area contributed by atoms with Gasteiger partial charge in [-0.3, -0.25) is 9.59 Å². The molecule has 0 aliphatic heterocycles. The predicted molar refractivity (Wildman–Crippen MR) is 141 cm³/mol. The summed E-state index contributed by atoms with van der Waals surface area (Å²) < 4.78 is 5.30. The first kappa shape index (κ1) is 28.0. The largest absolute Gasteiger partial charge is 0.444 e. The molecule has 2 aromatic rings. The normalized spacial score (nSPS) is 12.7. The number of hydrogen-bond acceptors (Lipinski definition) is 5. The molecule has 0 aliphatic carbocycles. The average Bonchev–Trinajstić information content (AvgIpc) is 2.81. The van der Waals surface area contributed by atoms with Crippen molar-refractivity contribution in [1.82, 2.24) is 15.5 Å². The Balaban J connectivity index is 2.37. The smallest absolute Gasteiger partial charge is 0.408 e. The van der Waals surface area contributed by atoms with Crippen LogP contribution in [0.25, 0.3) is 0 Å². The summed E-state index contributed by atoms with van der Waals surface area (Å²) in [7, 11) is 0. The van der Waals surface area contributed by atoms with Crippen molar-refractivity contribution >= 4 is 30.5 Å². The van der Waals surface area contributed by atoms with Gasteiger partial charge in [0.15, 0.2) is 0 Å². The van der Waals surface area contributed by atoms with Gasteiger partial charge in [0.25, 0.3) is 0 Å². The number of carbonyl (C=O) groups is 3. The number of rotatable bonds is 10. The molecule has 7 nitrogen and oxygen atoms in total. The predicted octanol–water partition coefficient (Wildman–Crippen LogP) is 4.19. The molecule has 35 heavy (non-hydrogen) atoms. The van der Waals surface area contributed by atoms with Crippen molar-refractivity contribution in [3.8, 4) is 0 Å². The van der Waals surface area contributed by atoms with E-state index in [2.05, 4.69) is 29.8 Å². The Hall–Kier alpha value is -3.26. The van der Waals surface area contributed by atoms with Crippen LogP contribution in [0.15, 0.2) is 67.3 Å². The molecule has 0 saturated heterocycles. The van der Waals surface area contributed by atoms with Gasteiger partial charge in [-0.25, -0.2) is 4.79 Å². The lowest BCUT2D eigenvalue weighted by molar-refractivity contribution is -0.141. The molecule has 188 valence electrons. The number of benzene rings is 2. The fourth-order valence-corrected chi connectivity index (χ4v) is 3.77. The number of nitrogens with zero attached hydrogens (tertiary/aromatic N) is 1. The Morgan fingerprint density at radius 3 is 2.29 bits per heavy atom. The van der Waals surface area contributed by atoms with Crippen LogP contribution in [-0.4, -0.2) is 46.7 Å². The van der Waals surface area contributed by atoms with E-state index in [9.17, 15) is 14.4 Å². The zero-order valence-electron chi connectivity index (χ0n) is 20.8. The number of ether oxygens (including phenoxy) is 1. The SMILES string of the molecule is C=CCN(C(=O)C(CS)NC(=O)OC(C)(C)C)C(C(=O)NCc1ccccc1)c1ccccc1C. The van der Waals surface area contributed by atoms with E-state index in [1.165, 1.54) is 4.90 Å². The molecule has 2 atom stereocenters. The first-order valence-electron chi connectivity index (χ1n) is 11.5. The maximum Gasteiger partial charge on any atom is 0.408 e. The van der Waals surface area contributed by atoms with E-state index in [0.29, 0.717) is 12.1 Å². The van der Waals surface area contributed by atoms with Crippen LogP contribution in [0.1, 0.15) is 43.5 Å². The second-order valence-electron chi connectivity index (χ2n) is 9.12. The highest BCUT2D eigenvalue weighted by Gasteiger charge is 2.35. The lowest BCUT2D eigenvalue weighted by Gasteiger charge is -2.34. The van der Waals surface area contributed by atoms with E-state index in [1.54, 1.807) is 26.8 Å². The number of amides is 3. The van der Waals surface area contributed by atoms with Crippen LogP contribution in [0, 0.1) is 6.92 Å². The van der Waals surface area contributed by atoms with Crippen LogP contribution in [0.5, 0.6) is 0 Å². The van der Waals surface area contributed by atoms with Gasteiger partial charge in [0.2, 0.25) is 11.8 Å². The standard InChI is InChI=1S/C27H35N3O4S/c1-6-16-30(25(32)22(18-35)29-26(33)34-27(3,4)5)23(21-15-11-10-12-19(21)2)24(31)28-17-20-13-8-7-9-14-20/h6-15,22-23,35H,1,16-18H2,2-5H3,(H,28,31)(H,29,33). The van der Waals surface area contributed by atoms with Crippen molar-refractivity contribution < 1.29 is 19.1 Å². The summed E-state index contributed by atoms with van der Waals surface area (Å²) in [6.45, 7) is 11.3. The van der Waals surface area contributed by atoms with Gasteiger partial charge in [-0.15, -0.1) is 6.58 Å². The van der Waals surface area contributed by atoms with Gasteiger partial charge in [-0.2, -0.15) is 12.6 Å². The molecule has 2 N–H and O–H groups in total. The van der Waals surface area contributed by atoms with Crippen molar-refractivity contribution in [2.75, 3.05) is 12.3 Å². The molecule has 0 fully saturated rings. The number of aryl methyl sites for hydroxylation is 1. The van der Waals surface area contributed by atoms with Gasteiger partial charge >= 0.3 is 6.09 Å². The van der Waals surface area contributed by atoms with Gasteiger partial charge in [0, 0.05) is 18.8 Å². The van der Waals surface area contributed by atoms with Crippen molar-refractivity contribution in [3.05, 3.63) is 83.9 Å². The molecule has 0 spiro atoms. The number of hydrogen-bond donors (Lipinski definition) is 3. The summed E-state index contributed by atoms with van der Waals surface area (Å²) in [5.74, 6) is -0.778. The third-order valence-electron chi connectivity index (χ3n) is 5.13. The maximum atomic E-state index is 13.6. The highest BCUT2D eigenvalue weighted by molar-refractivity contribution is 7.80. The summed E-state index contributed by atoms with van der Waals surface area (Å²) in [4.78, 5) is 41.0. The third-order valence-corrected chi connectivity index (χ3v) is 5.50. The summed E-state index contributed by atoms with van der Waals surface area (Å²) >= 11 is 4.28. The zero-order valence-corrected chi connectivity index (χ0v) is 21.7. The Kier molecular flexibility index (Phi) is 10.4. The molecule has 0 bridgehead atoms. The second kappa shape index (κ2) is 13.0. The molecule has 0 aliphatic rings. The maximum absolute atomic E-state index is 13.6. The monoisotopic (exact) mass is 497 g/mol. The van der Waals surface area contributed by atoms with E-state index in [4.69, 9.17) is 4.74 Å². The first-order chi connectivity index (χ1) is 16.6. The van der Waals surface area contributed by atoms with Crippen LogP contribution in [-0.2, 0) is 20.9 Å². The Bertz CT molecular complexity index is 1020. The summed E-state index contributed by atoms with van der Waals surface area (Å²) in [5.41, 5.74) is 1.75. The van der Waals surface area contributed by atoms with Gasteiger partial charge < -0.3 is 20.3 Å². The zero-order chi connectivity index (χ0) is 26.0. The van der Waals surface area contributed by atoms with Crippen LogP contribution in [0.3, 0.4) is 0 Å². The lowest BCUT2D eigenvalue weighted by atomic mass is 9.98. The summed E-state index contributed by atoms with van der Waals surface area (Å²) in [5, 5.41) is 5.53. The fraction of sp³-hybridized carbons (Fsp3) is 0.370. The molecular formula is C27H35N3O4S. The average molecular weight is 498 g/mol. The Labute approximate surface area is 213 Å². The lowest BCUT2D eigenvalue weighted by Crippen LogP contribution is -2.53. The molecular weight excluding hydrogens is 462 g/mol. The van der Waals surface area contributed by atoms with E-state index in [-0.39, 0.29) is 18.2 Å². The van der Waals surface area contributed by atoms with Gasteiger partial charge in [-0.1, -0.05) is 60.7 Å². The van der Waals surface area contributed by atoms with Crippen molar-refractivity contribution in [2.24, 2.45) is 0 Å². The molecule has 0 saturated carbocycles. The molecule has 2 unspecified atom stereocenters. The molecule has 0 aromatic heterocycles. The number of alkyl carbamates (subject to hydrolysis) is 1. The van der Waals surface area contributed by atoms with E-state index < -0.39 is 29.7 Å². The van der Waals surface area contributed by atoms with Gasteiger partial charge in [0.1, 0.15) is 17.7 Å². The van der Waals surface area contributed by atoms with E-state index >= 15 is 0 Å². The van der Waals surface area contributed by atoms with Gasteiger partial charge in [-0.05, 0) is 44.4 Å². The minimum absolute atomic E-state index is 0.0256. The summed E-state index contributed by atoms with van der Waals surface area (Å²) in [6.07, 6.45) is 0.820.